The highest BCUT2D eigenvalue weighted by Gasteiger charge is 2.29. The molecule has 0 aromatic carbocycles. The van der Waals surface area contributed by atoms with Crippen LogP contribution < -0.4 is 22.1 Å². The smallest absolute Gasteiger partial charge is 0.331 e. The van der Waals surface area contributed by atoms with Gasteiger partial charge < -0.3 is 36.3 Å². The summed E-state index contributed by atoms with van der Waals surface area (Å²) in [6.45, 7) is 3.71. The zero-order valence-electron chi connectivity index (χ0n) is 28.6. The molecular formula is C33H62N4O8S. The lowest BCUT2D eigenvalue weighted by atomic mass is 10.0. The van der Waals surface area contributed by atoms with Crippen LogP contribution in [-0.2, 0) is 38.2 Å². The van der Waals surface area contributed by atoms with E-state index in [1.54, 1.807) is 0 Å². The molecule has 0 spiro atoms. The zero-order chi connectivity index (χ0) is 34.4. The molecule has 2 amide bonds. The number of ether oxygens (including phenoxy) is 3. The molecule has 0 heterocycles. The van der Waals surface area contributed by atoms with Crippen molar-refractivity contribution < 1.29 is 38.2 Å². The number of carbonyl (C=O) groups is 5. The van der Waals surface area contributed by atoms with Gasteiger partial charge in [0.1, 0.15) is 25.3 Å². The Bertz CT molecular complexity index is 848. The number of rotatable bonds is 30. The number of hydrogen-bond donors (Lipinski definition) is 4. The molecule has 6 N–H and O–H groups in total. The first-order chi connectivity index (χ1) is 22.2. The maximum atomic E-state index is 12.9. The first-order valence-corrected chi connectivity index (χ1v) is 18.3. The molecule has 46 heavy (non-hydrogen) atoms. The summed E-state index contributed by atoms with van der Waals surface area (Å²) in [5.74, 6) is -2.26. The molecule has 0 aliphatic carbocycles. The molecular weight excluding hydrogens is 612 g/mol. The molecule has 268 valence electrons. The fraction of sp³-hybridized carbons (Fsp3) is 0.848. The normalized spacial score (nSPS) is 12.9. The van der Waals surface area contributed by atoms with Gasteiger partial charge in [-0.15, -0.1) is 0 Å². The molecule has 0 aliphatic rings. The number of nitrogens with one attached hydrogen (secondary N) is 2. The molecule has 0 fully saturated rings. The SMILES string of the molecule is CCCCCCCCCCCCCCCC(=O)OCCSCC(NC(C)=O)C(=O)NC(COC(=O)C(N)CCCCN)C(=O)OC. The Hall–Kier alpha value is -2.38. The topological polar surface area (TPSA) is 189 Å². The van der Waals surface area contributed by atoms with E-state index in [0.29, 0.717) is 38.0 Å². The summed E-state index contributed by atoms with van der Waals surface area (Å²) >= 11 is 1.31. The van der Waals surface area contributed by atoms with Gasteiger partial charge in [-0.1, -0.05) is 90.4 Å². The highest BCUT2D eigenvalue weighted by molar-refractivity contribution is 7.99. The van der Waals surface area contributed by atoms with Crippen molar-refractivity contribution in [3.63, 3.8) is 0 Å². The predicted molar refractivity (Wildman–Crippen MR) is 182 cm³/mol. The third-order valence-electron chi connectivity index (χ3n) is 7.42. The summed E-state index contributed by atoms with van der Waals surface area (Å²) in [7, 11) is 1.14. The lowest BCUT2D eigenvalue weighted by Crippen LogP contribution is -2.54. The fourth-order valence-electron chi connectivity index (χ4n) is 4.69. The van der Waals surface area contributed by atoms with Crippen molar-refractivity contribution in [3.05, 3.63) is 0 Å². The van der Waals surface area contributed by atoms with Gasteiger partial charge in [-0.2, -0.15) is 11.8 Å². The first kappa shape index (κ1) is 43.6. The van der Waals surface area contributed by atoms with E-state index < -0.39 is 48.5 Å². The molecule has 12 nitrogen and oxygen atoms in total. The Balaban J connectivity index is 4.30. The van der Waals surface area contributed by atoms with Crippen LogP contribution in [0.5, 0.6) is 0 Å². The molecule has 0 radical (unpaired) electrons. The Morgan fingerprint density at radius 3 is 1.87 bits per heavy atom. The number of methoxy groups -OCH3 is 1. The monoisotopic (exact) mass is 674 g/mol. The van der Waals surface area contributed by atoms with E-state index in [2.05, 4.69) is 17.6 Å². The van der Waals surface area contributed by atoms with Crippen LogP contribution in [-0.4, -0.2) is 86.2 Å². The second kappa shape index (κ2) is 30.0. The van der Waals surface area contributed by atoms with Crippen molar-refractivity contribution in [2.24, 2.45) is 11.5 Å². The van der Waals surface area contributed by atoms with Crippen molar-refractivity contribution in [3.8, 4) is 0 Å². The molecule has 3 atom stereocenters. The van der Waals surface area contributed by atoms with Gasteiger partial charge in [-0.3, -0.25) is 19.2 Å². The third-order valence-corrected chi connectivity index (χ3v) is 8.44. The largest absolute Gasteiger partial charge is 0.467 e. The number of unbranched alkanes of at least 4 members (excludes halogenated alkanes) is 13. The van der Waals surface area contributed by atoms with Gasteiger partial charge in [0.2, 0.25) is 11.8 Å². The van der Waals surface area contributed by atoms with Crippen LogP contribution >= 0.6 is 11.8 Å². The van der Waals surface area contributed by atoms with Crippen LogP contribution in [0, 0.1) is 0 Å². The molecule has 0 aromatic rings. The van der Waals surface area contributed by atoms with Gasteiger partial charge in [0, 0.05) is 24.9 Å². The molecule has 0 saturated heterocycles. The Labute approximate surface area is 280 Å². The average molecular weight is 675 g/mol. The van der Waals surface area contributed by atoms with Crippen molar-refractivity contribution in [2.75, 3.05) is 38.4 Å². The fourth-order valence-corrected chi connectivity index (χ4v) is 5.52. The molecule has 0 aliphatic heterocycles. The van der Waals surface area contributed by atoms with Gasteiger partial charge in [-0.25, -0.2) is 4.79 Å². The second-order valence-electron chi connectivity index (χ2n) is 11.6. The van der Waals surface area contributed by atoms with E-state index >= 15 is 0 Å². The lowest BCUT2D eigenvalue weighted by molar-refractivity contribution is -0.153. The maximum absolute atomic E-state index is 12.9. The van der Waals surface area contributed by atoms with Crippen LogP contribution in [0.2, 0.25) is 0 Å². The van der Waals surface area contributed by atoms with E-state index in [0.717, 1.165) is 26.4 Å². The number of hydrogen-bond acceptors (Lipinski definition) is 11. The lowest BCUT2D eigenvalue weighted by Gasteiger charge is -2.22. The van der Waals surface area contributed by atoms with E-state index in [1.807, 2.05) is 0 Å². The van der Waals surface area contributed by atoms with Crippen molar-refractivity contribution in [2.45, 2.75) is 141 Å². The number of carbonyl (C=O) groups excluding carboxylic acids is 5. The standard InChI is InChI=1S/C33H62N4O8S/c1-4-5-6-7-8-9-10-11-12-13-14-15-16-20-30(39)44-22-23-46-25-29(36-26(2)38)31(40)37-28(33(42)43-3)24-45-32(41)27(35)19-17-18-21-34/h27-29H,4-25,34-35H2,1-3H3,(H,36,38)(H,37,40). The minimum atomic E-state index is -1.29. The van der Waals surface area contributed by atoms with Crippen LogP contribution in [0.25, 0.3) is 0 Å². The predicted octanol–water partition coefficient (Wildman–Crippen LogP) is 3.91. The Kier molecular flexibility index (Phi) is 28.4. The Morgan fingerprint density at radius 2 is 1.33 bits per heavy atom. The molecule has 3 unspecified atom stereocenters. The van der Waals surface area contributed by atoms with Crippen molar-refractivity contribution in [1.29, 1.82) is 0 Å². The minimum Gasteiger partial charge on any atom is -0.467 e. The zero-order valence-corrected chi connectivity index (χ0v) is 29.4. The second-order valence-corrected chi connectivity index (χ2v) is 12.8. The maximum Gasteiger partial charge on any atom is 0.331 e. The van der Waals surface area contributed by atoms with Gasteiger partial charge in [0.05, 0.1) is 7.11 Å². The average Bonchev–Trinajstić information content (AvgIpc) is 3.03. The summed E-state index contributed by atoms with van der Waals surface area (Å²) in [6.07, 6.45) is 18.3. The first-order valence-electron chi connectivity index (χ1n) is 17.2. The summed E-state index contributed by atoms with van der Waals surface area (Å²) in [5.41, 5.74) is 11.3. The number of esters is 3. The Morgan fingerprint density at radius 1 is 0.739 bits per heavy atom. The molecule has 0 aromatic heterocycles. The van der Waals surface area contributed by atoms with Gasteiger partial charge >= 0.3 is 17.9 Å². The summed E-state index contributed by atoms with van der Waals surface area (Å²) in [5, 5.41) is 5.03. The molecule has 0 saturated carbocycles. The highest BCUT2D eigenvalue weighted by Crippen LogP contribution is 2.13. The van der Waals surface area contributed by atoms with E-state index in [-0.39, 0.29) is 18.3 Å². The van der Waals surface area contributed by atoms with Crippen LogP contribution in [0.3, 0.4) is 0 Å². The van der Waals surface area contributed by atoms with Crippen molar-refractivity contribution >= 4 is 41.5 Å². The quantitative estimate of drug-likeness (QED) is 0.0491. The number of nitrogens with two attached hydrogens (primary N) is 2. The van der Waals surface area contributed by atoms with E-state index in [9.17, 15) is 24.0 Å². The molecule has 0 bridgehead atoms. The summed E-state index contributed by atoms with van der Waals surface area (Å²) in [6, 6.07) is -3.15. The number of thioether (sulfide) groups is 1. The van der Waals surface area contributed by atoms with Crippen LogP contribution in [0.4, 0.5) is 0 Å². The van der Waals surface area contributed by atoms with Crippen LogP contribution in [0.1, 0.15) is 123 Å². The third kappa shape index (κ3) is 24.8. The van der Waals surface area contributed by atoms with Crippen molar-refractivity contribution in [1.82, 2.24) is 10.6 Å². The number of amides is 2. The van der Waals surface area contributed by atoms with E-state index in [1.165, 1.54) is 82.9 Å². The highest BCUT2D eigenvalue weighted by atomic mass is 32.2. The minimum absolute atomic E-state index is 0.168. The van der Waals surface area contributed by atoms with Crippen LogP contribution in [0.15, 0.2) is 0 Å². The van der Waals surface area contributed by atoms with Gasteiger partial charge in [0.25, 0.3) is 0 Å². The van der Waals surface area contributed by atoms with E-state index in [4.69, 9.17) is 25.7 Å². The van der Waals surface area contributed by atoms with Gasteiger partial charge in [0.15, 0.2) is 6.04 Å². The summed E-state index contributed by atoms with van der Waals surface area (Å²) < 4.78 is 15.2. The summed E-state index contributed by atoms with van der Waals surface area (Å²) in [4.78, 5) is 61.2. The molecule has 13 heteroatoms. The van der Waals surface area contributed by atoms with Gasteiger partial charge in [-0.05, 0) is 25.8 Å². The molecule has 0 rings (SSSR count).